The van der Waals surface area contributed by atoms with Gasteiger partial charge in [0.15, 0.2) is 5.78 Å². The Labute approximate surface area is 271 Å². The van der Waals surface area contributed by atoms with Gasteiger partial charge in [0, 0.05) is 13.1 Å². The summed E-state index contributed by atoms with van der Waals surface area (Å²) < 4.78 is 70.8. The van der Waals surface area contributed by atoms with E-state index >= 15 is 0 Å². The van der Waals surface area contributed by atoms with Crippen LogP contribution in [0.3, 0.4) is 0 Å². The van der Waals surface area contributed by atoms with E-state index in [1.54, 1.807) is 25.7 Å². The van der Waals surface area contributed by atoms with Crippen molar-refractivity contribution in [1.82, 2.24) is 26.2 Å². The maximum Gasteiger partial charge on any atom is 0.345 e. The number of epoxide rings is 1. The van der Waals surface area contributed by atoms with Gasteiger partial charge in [-0.15, -0.1) is 0 Å². The average Bonchev–Trinajstić information content (AvgIpc) is 3.74. The maximum absolute atomic E-state index is 13.4. The van der Waals surface area contributed by atoms with Gasteiger partial charge in [-0.25, -0.2) is 0 Å². The first kappa shape index (κ1) is 40.2. The molecule has 2 aliphatic heterocycles. The van der Waals surface area contributed by atoms with E-state index in [2.05, 4.69) is 30.7 Å². The van der Waals surface area contributed by atoms with Crippen molar-refractivity contribution in [1.29, 1.82) is 0 Å². The zero-order valence-electron chi connectivity index (χ0n) is 27.3. The molecule has 0 aliphatic carbocycles. The van der Waals surface area contributed by atoms with Crippen LogP contribution in [-0.2, 0) is 42.9 Å². The first-order valence-electron chi connectivity index (χ1n) is 15.5. The number of ether oxygens (including phenoxy) is 4. The monoisotopic (exact) mass is 685 g/mol. The lowest BCUT2D eigenvalue weighted by molar-refractivity contribution is -0.150. The quantitative estimate of drug-likeness (QED) is 0.0964. The molecule has 18 heteroatoms. The number of hydrogen-bond donors (Lipinski definition) is 4. The number of carbonyl (C=O) groups is 5. The second-order valence-corrected chi connectivity index (χ2v) is 12.5. The predicted molar refractivity (Wildman–Crippen MR) is 157 cm³/mol. The van der Waals surface area contributed by atoms with Gasteiger partial charge < -0.3 is 40.2 Å². The SMILES string of the molecule is CC(C)C[C@H](NC(=O)[C@H](COC(F)F)NC(=O)CN1CCOCC1)C(=O)N[C@@H](COC(F)F)C(=O)N[C@@H](CC(C)C)C(=O)C1(C)CO1. The highest BCUT2D eigenvalue weighted by Gasteiger charge is 2.50. The van der Waals surface area contributed by atoms with Crippen LogP contribution in [0.15, 0.2) is 0 Å². The molecule has 4 N–H and O–H groups in total. The number of nitrogens with zero attached hydrogens (tertiary/aromatic N) is 1. The van der Waals surface area contributed by atoms with Crippen molar-refractivity contribution < 1.29 is 60.5 Å². The lowest BCUT2D eigenvalue weighted by Crippen LogP contribution is -2.60. The Bertz CT molecular complexity index is 1060. The van der Waals surface area contributed by atoms with Crippen LogP contribution >= 0.6 is 0 Å². The molecule has 47 heavy (non-hydrogen) atoms. The minimum atomic E-state index is -3.29. The molecule has 0 aromatic heterocycles. The van der Waals surface area contributed by atoms with Crippen LogP contribution in [0, 0.1) is 11.8 Å². The maximum atomic E-state index is 13.4. The third kappa shape index (κ3) is 14.8. The molecule has 2 rings (SSSR count). The second-order valence-electron chi connectivity index (χ2n) is 12.5. The van der Waals surface area contributed by atoms with Gasteiger partial charge in [0.1, 0.15) is 23.7 Å². The van der Waals surface area contributed by atoms with E-state index in [0.717, 1.165) is 0 Å². The molecule has 14 nitrogen and oxygen atoms in total. The molecule has 0 saturated carbocycles. The van der Waals surface area contributed by atoms with Crippen LogP contribution < -0.4 is 21.3 Å². The van der Waals surface area contributed by atoms with Crippen molar-refractivity contribution >= 4 is 29.4 Å². The minimum Gasteiger partial charge on any atom is -0.379 e. The number of carbonyl (C=O) groups excluding carboxylic acids is 5. The van der Waals surface area contributed by atoms with Crippen molar-refractivity contribution in [2.75, 3.05) is 52.7 Å². The van der Waals surface area contributed by atoms with Crippen LogP contribution in [-0.4, -0.2) is 130 Å². The van der Waals surface area contributed by atoms with Gasteiger partial charge in [-0.1, -0.05) is 27.7 Å². The van der Waals surface area contributed by atoms with Gasteiger partial charge in [-0.3, -0.25) is 28.9 Å². The number of rotatable bonds is 21. The minimum absolute atomic E-state index is 0.0318. The molecule has 0 radical (unpaired) electrons. The number of ketones is 1. The van der Waals surface area contributed by atoms with Crippen molar-refractivity contribution in [2.45, 2.75) is 90.5 Å². The van der Waals surface area contributed by atoms with E-state index in [1.165, 1.54) is 0 Å². The Hall–Kier alpha value is -2.93. The molecule has 1 unspecified atom stereocenters. The van der Waals surface area contributed by atoms with Crippen LogP contribution in [0.2, 0.25) is 0 Å². The molecular formula is C29H47F4N5O9. The lowest BCUT2D eigenvalue weighted by Gasteiger charge is -2.28. The van der Waals surface area contributed by atoms with Crippen molar-refractivity contribution in [3.8, 4) is 0 Å². The van der Waals surface area contributed by atoms with Crippen LogP contribution in [0.1, 0.15) is 47.5 Å². The molecule has 0 aromatic rings. The van der Waals surface area contributed by atoms with Crippen LogP contribution in [0.5, 0.6) is 0 Å². The number of nitrogens with one attached hydrogen (secondary N) is 4. The van der Waals surface area contributed by atoms with E-state index in [4.69, 9.17) is 9.47 Å². The fourth-order valence-electron chi connectivity index (χ4n) is 4.75. The Balaban J connectivity index is 2.19. The number of alkyl halides is 4. The highest BCUT2D eigenvalue weighted by Crippen LogP contribution is 2.29. The highest BCUT2D eigenvalue weighted by molar-refractivity contribution is 5.98. The van der Waals surface area contributed by atoms with Crippen LogP contribution in [0.4, 0.5) is 17.6 Å². The van der Waals surface area contributed by atoms with Gasteiger partial charge in [-0.2, -0.15) is 17.6 Å². The van der Waals surface area contributed by atoms with Gasteiger partial charge in [0.05, 0.1) is 45.6 Å². The number of morpholine rings is 1. The fourth-order valence-corrected chi connectivity index (χ4v) is 4.75. The number of halogens is 4. The summed E-state index contributed by atoms with van der Waals surface area (Å²) in [6.45, 7) is 1.81. The summed E-state index contributed by atoms with van der Waals surface area (Å²) in [7, 11) is 0. The fraction of sp³-hybridized carbons (Fsp3) is 0.828. The summed E-state index contributed by atoms with van der Waals surface area (Å²) in [5.74, 6) is -4.39. The second kappa shape index (κ2) is 19.2. The molecule has 0 spiro atoms. The summed E-state index contributed by atoms with van der Waals surface area (Å²) in [6.07, 6.45) is 0.168. The Morgan fingerprint density at radius 1 is 0.723 bits per heavy atom. The summed E-state index contributed by atoms with van der Waals surface area (Å²) in [5.41, 5.74) is -1.10. The van der Waals surface area contributed by atoms with E-state index in [-0.39, 0.29) is 37.8 Å². The van der Waals surface area contributed by atoms with E-state index in [0.29, 0.717) is 26.3 Å². The molecule has 5 atom stereocenters. The summed E-state index contributed by atoms with van der Waals surface area (Å²) in [5, 5.41) is 9.53. The molecule has 4 amide bonds. The summed E-state index contributed by atoms with van der Waals surface area (Å²) in [6, 6.07) is -5.80. The Morgan fingerprint density at radius 3 is 1.62 bits per heavy atom. The van der Waals surface area contributed by atoms with Crippen molar-refractivity contribution in [3.05, 3.63) is 0 Å². The first-order valence-corrected chi connectivity index (χ1v) is 15.5. The summed E-state index contributed by atoms with van der Waals surface area (Å²) in [4.78, 5) is 67.3. The predicted octanol–water partition coefficient (Wildman–Crippen LogP) is 0.186. The molecule has 2 aliphatic rings. The molecular weight excluding hydrogens is 638 g/mol. The van der Waals surface area contributed by atoms with Gasteiger partial charge in [0.25, 0.3) is 0 Å². The highest BCUT2D eigenvalue weighted by atomic mass is 19.3. The van der Waals surface area contributed by atoms with Gasteiger partial charge in [0.2, 0.25) is 23.6 Å². The van der Waals surface area contributed by atoms with Crippen molar-refractivity contribution in [3.63, 3.8) is 0 Å². The van der Waals surface area contributed by atoms with Gasteiger partial charge in [-0.05, 0) is 31.6 Å². The third-order valence-electron chi connectivity index (χ3n) is 7.31. The Morgan fingerprint density at radius 2 is 1.15 bits per heavy atom. The smallest absolute Gasteiger partial charge is 0.345 e. The Kier molecular flexibility index (Phi) is 16.4. The summed E-state index contributed by atoms with van der Waals surface area (Å²) >= 11 is 0. The lowest BCUT2D eigenvalue weighted by atomic mass is 9.93. The largest absolute Gasteiger partial charge is 0.379 e. The number of hydrogen-bond acceptors (Lipinski definition) is 10. The molecule has 270 valence electrons. The van der Waals surface area contributed by atoms with E-state index in [1.807, 2.05) is 13.8 Å². The number of Topliss-reactive ketones (excluding diaryl/α,β-unsaturated/α-hetero) is 1. The van der Waals surface area contributed by atoms with Gasteiger partial charge >= 0.3 is 13.2 Å². The molecule has 0 bridgehead atoms. The van der Waals surface area contributed by atoms with Crippen LogP contribution in [0.25, 0.3) is 0 Å². The molecule has 0 aromatic carbocycles. The standard InChI is InChI=1S/C29H47F4N5O9/c1-16(2)10-18(23(40)29(5)15-47-29)35-26(43)21(14-46-28(32)33)37-24(41)19(11-17(3)4)36-25(42)20(13-45-27(30)31)34-22(39)12-38-6-8-44-9-7-38/h16-21,27-28H,6-15H2,1-5H3,(H,34,39)(H,35,43)(H,36,42)(H,37,41)/t18-,19-,20-,21-,29?/m0/s1. The molecule has 2 heterocycles. The molecule has 2 saturated heterocycles. The normalized spacial score (nSPS) is 20.9. The van der Waals surface area contributed by atoms with E-state index < -0.39 is 85.6 Å². The van der Waals surface area contributed by atoms with Crippen molar-refractivity contribution in [2.24, 2.45) is 11.8 Å². The zero-order chi connectivity index (χ0) is 35.3. The first-order chi connectivity index (χ1) is 22.0. The topological polar surface area (TPSA) is 177 Å². The third-order valence-corrected chi connectivity index (χ3v) is 7.31. The van der Waals surface area contributed by atoms with E-state index in [9.17, 15) is 41.5 Å². The molecule has 2 fully saturated rings. The number of amides is 4. The average molecular weight is 686 g/mol. The zero-order valence-corrected chi connectivity index (χ0v) is 27.3.